The molecule has 0 heterocycles. The first-order valence-corrected chi connectivity index (χ1v) is 19.5. The number of allylic oxidation sites excluding steroid dienone is 12. The lowest BCUT2D eigenvalue weighted by Crippen LogP contribution is -2.28. The van der Waals surface area contributed by atoms with Crippen molar-refractivity contribution >= 4 is 11.9 Å². The Morgan fingerprint density at radius 3 is 1.27 bits per heavy atom. The molecule has 0 aromatic heterocycles. The molecule has 5 heteroatoms. The van der Waals surface area contributed by atoms with Crippen molar-refractivity contribution < 1.29 is 24.2 Å². The third kappa shape index (κ3) is 36.2. The summed E-state index contributed by atoms with van der Waals surface area (Å²) in [5.41, 5.74) is 0. The smallest absolute Gasteiger partial charge is 0.306 e. The van der Waals surface area contributed by atoms with E-state index in [1.54, 1.807) is 0 Å². The summed E-state index contributed by atoms with van der Waals surface area (Å²) in [6.45, 7) is 4.03. The Morgan fingerprint density at radius 1 is 0.479 bits per heavy atom. The Morgan fingerprint density at radius 2 is 0.833 bits per heavy atom. The van der Waals surface area contributed by atoms with Crippen LogP contribution in [-0.2, 0) is 19.1 Å². The van der Waals surface area contributed by atoms with Gasteiger partial charge < -0.3 is 14.6 Å². The van der Waals surface area contributed by atoms with Crippen LogP contribution < -0.4 is 0 Å². The van der Waals surface area contributed by atoms with E-state index in [9.17, 15) is 14.7 Å². The van der Waals surface area contributed by atoms with Crippen molar-refractivity contribution in [2.75, 3.05) is 13.2 Å². The maximum Gasteiger partial charge on any atom is 0.306 e. The van der Waals surface area contributed by atoms with Crippen LogP contribution in [0.15, 0.2) is 72.9 Å². The lowest BCUT2D eigenvalue weighted by Gasteiger charge is -2.15. The van der Waals surface area contributed by atoms with Crippen LogP contribution in [0.3, 0.4) is 0 Å². The molecule has 0 aliphatic rings. The van der Waals surface area contributed by atoms with Gasteiger partial charge in [0.05, 0.1) is 6.61 Å². The fourth-order valence-corrected chi connectivity index (χ4v) is 4.98. The average molecular weight is 669 g/mol. The lowest BCUT2D eigenvalue weighted by molar-refractivity contribution is -0.161. The Kier molecular flexibility index (Phi) is 36.6. The van der Waals surface area contributed by atoms with Crippen LogP contribution in [0.4, 0.5) is 0 Å². The highest BCUT2D eigenvalue weighted by molar-refractivity contribution is 5.70. The number of rotatable bonds is 34. The number of esters is 2. The summed E-state index contributed by atoms with van der Waals surface area (Å²) in [6.07, 6.45) is 51.0. The van der Waals surface area contributed by atoms with E-state index in [0.717, 1.165) is 83.5 Å². The molecule has 0 fully saturated rings. The van der Waals surface area contributed by atoms with Gasteiger partial charge in [-0.2, -0.15) is 0 Å². The predicted octanol–water partition coefficient (Wildman–Crippen LogP) is 12.2. The summed E-state index contributed by atoms with van der Waals surface area (Å²) in [5, 5.41) is 9.54. The van der Waals surface area contributed by atoms with E-state index in [1.165, 1.54) is 57.8 Å². The quantitative estimate of drug-likeness (QED) is 0.0420. The zero-order valence-corrected chi connectivity index (χ0v) is 31.0. The van der Waals surface area contributed by atoms with Gasteiger partial charge in [0.2, 0.25) is 0 Å². The number of aliphatic hydroxyl groups is 1. The van der Waals surface area contributed by atoms with Crippen LogP contribution in [0.5, 0.6) is 0 Å². The molecule has 5 nitrogen and oxygen atoms in total. The molecule has 0 aromatic carbocycles. The summed E-state index contributed by atoms with van der Waals surface area (Å²) >= 11 is 0. The Hall–Kier alpha value is -2.66. The second kappa shape index (κ2) is 38.8. The molecular formula is C43H72O5. The van der Waals surface area contributed by atoms with Crippen molar-refractivity contribution in [1.82, 2.24) is 0 Å². The van der Waals surface area contributed by atoms with E-state index >= 15 is 0 Å². The monoisotopic (exact) mass is 669 g/mol. The Bertz CT molecular complexity index is 895. The van der Waals surface area contributed by atoms with E-state index in [0.29, 0.717) is 12.8 Å². The number of carbonyl (C=O) groups excluding carboxylic acids is 2. The van der Waals surface area contributed by atoms with Gasteiger partial charge in [-0.15, -0.1) is 0 Å². The molecule has 0 rings (SSSR count). The van der Waals surface area contributed by atoms with Crippen LogP contribution in [0.25, 0.3) is 0 Å². The van der Waals surface area contributed by atoms with Gasteiger partial charge in [-0.25, -0.2) is 0 Å². The molecule has 0 radical (unpaired) electrons. The average Bonchev–Trinajstić information content (AvgIpc) is 3.09. The molecule has 0 unspecified atom stereocenters. The predicted molar refractivity (Wildman–Crippen MR) is 205 cm³/mol. The van der Waals surface area contributed by atoms with E-state index in [-0.39, 0.29) is 25.2 Å². The standard InChI is InChI=1S/C43H72O5/c1-3-5-7-9-11-13-15-17-19-20-21-22-24-25-27-29-31-33-35-37-42(45)47-40-41(39-44)48-43(46)38-36-34-32-30-28-26-23-18-16-14-12-10-8-6-4-2/h11-14,17-19,21-23,25,27,41,44H,3-10,15-16,20,24,26,28-40H2,1-2H3/b13-11+,14-12+,19-17+,22-21+,23-18+,27-25+/t41-/m0/s1. The minimum absolute atomic E-state index is 0.0918. The molecular weight excluding hydrogens is 596 g/mol. The second-order valence-electron chi connectivity index (χ2n) is 12.6. The third-order valence-electron chi connectivity index (χ3n) is 7.97. The zero-order chi connectivity index (χ0) is 35.0. The molecule has 0 saturated heterocycles. The highest BCUT2D eigenvalue weighted by Gasteiger charge is 2.16. The molecule has 0 aliphatic heterocycles. The summed E-state index contributed by atoms with van der Waals surface area (Å²) in [5.74, 6) is -0.649. The van der Waals surface area contributed by atoms with Crippen molar-refractivity contribution in [3.05, 3.63) is 72.9 Å². The van der Waals surface area contributed by atoms with Crippen LogP contribution in [0, 0.1) is 0 Å². The van der Waals surface area contributed by atoms with E-state index < -0.39 is 6.10 Å². The summed E-state index contributed by atoms with van der Waals surface area (Å²) < 4.78 is 10.6. The normalized spacial score (nSPS) is 13.0. The van der Waals surface area contributed by atoms with Crippen LogP contribution in [-0.4, -0.2) is 36.4 Å². The van der Waals surface area contributed by atoms with Crippen molar-refractivity contribution in [3.63, 3.8) is 0 Å². The fraction of sp³-hybridized carbons (Fsp3) is 0.674. The minimum atomic E-state index is -0.795. The van der Waals surface area contributed by atoms with Crippen molar-refractivity contribution in [1.29, 1.82) is 0 Å². The number of ether oxygens (including phenoxy) is 2. The van der Waals surface area contributed by atoms with E-state index in [4.69, 9.17) is 9.47 Å². The van der Waals surface area contributed by atoms with Gasteiger partial charge >= 0.3 is 11.9 Å². The van der Waals surface area contributed by atoms with Gasteiger partial charge in [0, 0.05) is 12.8 Å². The van der Waals surface area contributed by atoms with Gasteiger partial charge in [-0.05, 0) is 89.9 Å². The highest BCUT2D eigenvalue weighted by atomic mass is 16.6. The molecule has 0 aliphatic carbocycles. The van der Waals surface area contributed by atoms with Gasteiger partial charge in [0.25, 0.3) is 0 Å². The number of hydrogen-bond donors (Lipinski definition) is 1. The SMILES string of the molecule is CCCCC/C=C/C/C=C/C/C=C/C/C=C/CCCCCC(=O)OC[C@H](CO)OC(=O)CCCCCCC/C=C/C/C=C/CCCCC. The second-order valence-corrected chi connectivity index (χ2v) is 12.6. The van der Waals surface area contributed by atoms with Crippen LogP contribution in [0.2, 0.25) is 0 Å². The fourth-order valence-electron chi connectivity index (χ4n) is 4.98. The van der Waals surface area contributed by atoms with Crippen LogP contribution in [0.1, 0.15) is 168 Å². The topological polar surface area (TPSA) is 72.8 Å². The van der Waals surface area contributed by atoms with Gasteiger partial charge in [0.15, 0.2) is 6.10 Å². The van der Waals surface area contributed by atoms with Crippen molar-refractivity contribution in [2.45, 2.75) is 174 Å². The van der Waals surface area contributed by atoms with Crippen molar-refractivity contribution in [2.24, 2.45) is 0 Å². The summed E-state index contributed by atoms with van der Waals surface area (Å²) in [7, 11) is 0. The first-order valence-electron chi connectivity index (χ1n) is 19.5. The van der Waals surface area contributed by atoms with Gasteiger partial charge in [0.1, 0.15) is 6.61 Å². The number of unbranched alkanes of at least 4 members (excludes halogenated alkanes) is 14. The summed E-state index contributed by atoms with van der Waals surface area (Å²) in [4.78, 5) is 24.2. The molecule has 48 heavy (non-hydrogen) atoms. The number of hydrogen-bond acceptors (Lipinski definition) is 5. The van der Waals surface area contributed by atoms with Crippen LogP contribution >= 0.6 is 0 Å². The maximum atomic E-state index is 12.1. The highest BCUT2D eigenvalue weighted by Crippen LogP contribution is 2.10. The minimum Gasteiger partial charge on any atom is -0.462 e. The first-order chi connectivity index (χ1) is 23.6. The van der Waals surface area contributed by atoms with Gasteiger partial charge in [-0.3, -0.25) is 9.59 Å². The molecule has 0 bridgehead atoms. The number of aliphatic hydroxyl groups excluding tert-OH is 1. The summed E-state index contributed by atoms with van der Waals surface area (Å²) in [6, 6.07) is 0. The molecule has 0 aromatic rings. The zero-order valence-electron chi connectivity index (χ0n) is 31.0. The largest absolute Gasteiger partial charge is 0.462 e. The first kappa shape index (κ1) is 45.3. The molecule has 0 spiro atoms. The Balaban J connectivity index is 3.68. The molecule has 0 saturated carbocycles. The lowest BCUT2D eigenvalue weighted by atomic mass is 10.1. The van der Waals surface area contributed by atoms with E-state index in [2.05, 4.69) is 86.8 Å². The van der Waals surface area contributed by atoms with E-state index in [1.807, 2.05) is 0 Å². The Labute approximate surface area is 295 Å². The molecule has 1 atom stereocenters. The molecule has 274 valence electrons. The van der Waals surface area contributed by atoms with Gasteiger partial charge in [-0.1, -0.05) is 138 Å². The maximum absolute atomic E-state index is 12.1. The van der Waals surface area contributed by atoms with Crippen molar-refractivity contribution in [3.8, 4) is 0 Å². The number of carbonyl (C=O) groups is 2. The molecule has 0 amide bonds. The third-order valence-corrected chi connectivity index (χ3v) is 7.97. The molecule has 1 N–H and O–H groups in total.